The first-order valence-electron chi connectivity index (χ1n) is 10.9. The van der Waals surface area contributed by atoms with E-state index in [4.69, 9.17) is 4.74 Å². The second-order valence-corrected chi connectivity index (χ2v) is 9.28. The number of rotatable bonds is 7. The number of para-hydroxylation sites is 1. The van der Waals surface area contributed by atoms with Crippen LogP contribution in [0.4, 0.5) is 5.69 Å². The van der Waals surface area contributed by atoms with Crippen LogP contribution in [0.2, 0.25) is 0 Å². The highest BCUT2D eigenvalue weighted by atomic mass is 32.2. The lowest BCUT2D eigenvalue weighted by Gasteiger charge is -2.31. The number of methoxy groups -OCH3 is 1. The number of nitrogens with zero attached hydrogens (tertiary/aromatic N) is 1. The lowest BCUT2D eigenvalue weighted by atomic mass is 9.78. The minimum atomic E-state index is -1.20. The molecule has 1 aliphatic rings. The summed E-state index contributed by atoms with van der Waals surface area (Å²) in [5.41, 5.74) is 3.61. The van der Waals surface area contributed by atoms with Gasteiger partial charge in [-0.25, -0.2) is 0 Å². The van der Waals surface area contributed by atoms with Crippen LogP contribution in [-0.4, -0.2) is 30.6 Å². The average Bonchev–Trinajstić information content (AvgIpc) is 2.83. The van der Waals surface area contributed by atoms with Gasteiger partial charge in [0, 0.05) is 11.6 Å². The molecule has 0 bridgehead atoms. The molecular weight excluding hydrogens is 450 g/mol. The quantitative estimate of drug-likeness (QED) is 0.456. The van der Waals surface area contributed by atoms with Crippen LogP contribution in [-0.2, 0) is 19.1 Å². The molecule has 2 N–H and O–H groups in total. The number of nitrogens with one attached hydrogen (secondary N) is 2. The Labute approximate surface area is 203 Å². The van der Waals surface area contributed by atoms with Gasteiger partial charge in [0.25, 0.3) is 0 Å². The summed E-state index contributed by atoms with van der Waals surface area (Å²) in [6, 6.07) is 17.1. The number of esters is 1. The predicted octanol–water partition coefficient (Wildman–Crippen LogP) is 4.23. The largest absolute Gasteiger partial charge is 0.468 e. The van der Waals surface area contributed by atoms with Gasteiger partial charge in [0.05, 0.1) is 29.5 Å². The van der Waals surface area contributed by atoms with E-state index in [0.717, 1.165) is 22.9 Å². The maximum Gasteiger partial charge on any atom is 0.319 e. The molecule has 1 aliphatic heterocycles. The first-order chi connectivity index (χ1) is 16.3. The summed E-state index contributed by atoms with van der Waals surface area (Å²) in [7, 11) is 1.21. The summed E-state index contributed by atoms with van der Waals surface area (Å²) in [5.74, 6) is -3.27. The number of ether oxygens (including phenoxy) is 1. The standard InChI is InChI=1S/C26H27N3O4S/c1-15(2)17-9-11-18(12-10-17)22-19(13-27)25(29-24(31)23(22)26(32)33-4)34-14-21(30)28-20-8-6-5-7-16(20)3/h5-12,15,22-23H,14H2,1-4H3,(H,28,30)(H,29,31)/t22-,23-/m1/s1. The maximum atomic E-state index is 12.9. The van der Waals surface area contributed by atoms with E-state index in [1.165, 1.54) is 7.11 Å². The molecule has 7 nitrogen and oxygen atoms in total. The molecule has 2 atom stereocenters. The van der Waals surface area contributed by atoms with Gasteiger partial charge in [-0.05, 0) is 35.6 Å². The van der Waals surface area contributed by atoms with E-state index >= 15 is 0 Å². The molecule has 34 heavy (non-hydrogen) atoms. The van der Waals surface area contributed by atoms with Crippen molar-refractivity contribution in [1.29, 1.82) is 5.26 Å². The van der Waals surface area contributed by atoms with Crippen LogP contribution in [0.1, 0.15) is 42.4 Å². The molecule has 8 heteroatoms. The van der Waals surface area contributed by atoms with E-state index < -0.39 is 23.7 Å². The van der Waals surface area contributed by atoms with Gasteiger partial charge in [-0.2, -0.15) is 5.26 Å². The van der Waals surface area contributed by atoms with E-state index in [9.17, 15) is 19.6 Å². The third-order valence-corrected chi connectivity index (χ3v) is 6.73. The molecule has 2 aromatic rings. The fourth-order valence-corrected chi connectivity index (χ4v) is 4.65. The van der Waals surface area contributed by atoms with E-state index in [1.54, 1.807) is 6.07 Å². The van der Waals surface area contributed by atoms with Crippen LogP contribution < -0.4 is 10.6 Å². The molecule has 176 valence electrons. The van der Waals surface area contributed by atoms with Crippen LogP contribution in [0.3, 0.4) is 0 Å². The van der Waals surface area contributed by atoms with Gasteiger partial charge < -0.3 is 15.4 Å². The summed E-state index contributed by atoms with van der Waals surface area (Å²) in [5, 5.41) is 15.8. The minimum absolute atomic E-state index is 0.0168. The number of allylic oxidation sites excluding steroid dienone is 1. The number of amides is 2. The Morgan fingerprint density at radius 2 is 1.85 bits per heavy atom. The van der Waals surface area contributed by atoms with Gasteiger partial charge in [-0.3, -0.25) is 14.4 Å². The molecule has 0 aromatic heterocycles. The number of hydrogen-bond donors (Lipinski definition) is 2. The zero-order valence-electron chi connectivity index (χ0n) is 19.5. The number of aryl methyl sites for hydroxylation is 1. The third-order valence-electron chi connectivity index (χ3n) is 5.71. The van der Waals surface area contributed by atoms with E-state index in [2.05, 4.69) is 30.6 Å². The second kappa shape index (κ2) is 11.0. The highest BCUT2D eigenvalue weighted by molar-refractivity contribution is 8.03. The molecule has 0 saturated heterocycles. The van der Waals surface area contributed by atoms with Crippen LogP contribution in [0.15, 0.2) is 59.1 Å². The summed E-state index contributed by atoms with van der Waals surface area (Å²) >= 11 is 1.06. The molecule has 0 spiro atoms. The first-order valence-corrected chi connectivity index (χ1v) is 11.9. The van der Waals surface area contributed by atoms with Crippen LogP contribution in [0.25, 0.3) is 0 Å². The van der Waals surface area contributed by atoms with E-state index in [-0.39, 0.29) is 22.3 Å². The Hall–Kier alpha value is -3.57. The Kier molecular flexibility index (Phi) is 8.13. The Morgan fingerprint density at radius 3 is 2.44 bits per heavy atom. The van der Waals surface area contributed by atoms with Crippen molar-refractivity contribution in [3.8, 4) is 6.07 Å². The smallest absolute Gasteiger partial charge is 0.319 e. The maximum absolute atomic E-state index is 12.9. The molecule has 0 saturated carbocycles. The highest BCUT2D eigenvalue weighted by Crippen LogP contribution is 2.40. The van der Waals surface area contributed by atoms with Crippen LogP contribution in [0, 0.1) is 24.2 Å². The topological polar surface area (TPSA) is 108 Å². The first kappa shape index (κ1) is 25.1. The van der Waals surface area contributed by atoms with Crippen molar-refractivity contribution in [1.82, 2.24) is 5.32 Å². The zero-order chi connectivity index (χ0) is 24.8. The number of nitriles is 1. The molecule has 0 fully saturated rings. The SMILES string of the molecule is COC(=O)[C@H]1C(=O)NC(SCC(=O)Nc2ccccc2C)=C(C#N)[C@H]1c1ccc(C(C)C)cc1. The number of anilines is 1. The normalized spacial score (nSPS) is 17.7. The number of hydrogen-bond acceptors (Lipinski definition) is 6. The van der Waals surface area contributed by atoms with Crippen molar-refractivity contribution in [3.63, 3.8) is 0 Å². The van der Waals surface area contributed by atoms with Crippen molar-refractivity contribution in [2.24, 2.45) is 5.92 Å². The van der Waals surface area contributed by atoms with Gasteiger partial charge in [0.15, 0.2) is 0 Å². The van der Waals surface area contributed by atoms with Crippen molar-refractivity contribution >= 4 is 35.2 Å². The second-order valence-electron chi connectivity index (χ2n) is 8.30. The minimum Gasteiger partial charge on any atom is -0.468 e. The van der Waals surface area contributed by atoms with Crippen LogP contribution in [0.5, 0.6) is 0 Å². The Bertz CT molecular complexity index is 1170. The number of carbonyl (C=O) groups excluding carboxylic acids is 3. The molecular formula is C26H27N3O4S. The lowest BCUT2D eigenvalue weighted by molar-refractivity contribution is -0.150. The van der Waals surface area contributed by atoms with Crippen molar-refractivity contribution < 1.29 is 19.1 Å². The van der Waals surface area contributed by atoms with Gasteiger partial charge in [0.2, 0.25) is 11.8 Å². The van der Waals surface area contributed by atoms with Gasteiger partial charge in [0.1, 0.15) is 5.92 Å². The predicted molar refractivity (Wildman–Crippen MR) is 132 cm³/mol. The number of benzene rings is 2. The van der Waals surface area contributed by atoms with Crippen molar-refractivity contribution in [2.45, 2.75) is 32.6 Å². The zero-order valence-corrected chi connectivity index (χ0v) is 20.4. The molecule has 0 unspecified atom stereocenters. The molecule has 0 radical (unpaired) electrons. The average molecular weight is 478 g/mol. The van der Waals surface area contributed by atoms with E-state index in [1.807, 2.05) is 49.4 Å². The Balaban J connectivity index is 1.91. The molecule has 3 rings (SSSR count). The molecule has 0 aliphatic carbocycles. The van der Waals surface area contributed by atoms with Crippen molar-refractivity contribution in [3.05, 3.63) is 75.8 Å². The molecule has 1 heterocycles. The van der Waals surface area contributed by atoms with Gasteiger partial charge in [-0.15, -0.1) is 0 Å². The van der Waals surface area contributed by atoms with Crippen LogP contribution >= 0.6 is 11.8 Å². The fraction of sp³-hybridized carbons (Fsp3) is 0.308. The molecule has 2 amide bonds. The monoisotopic (exact) mass is 477 g/mol. The van der Waals surface area contributed by atoms with E-state index in [0.29, 0.717) is 17.2 Å². The molecule has 2 aromatic carbocycles. The summed E-state index contributed by atoms with van der Waals surface area (Å²) < 4.78 is 4.87. The van der Waals surface area contributed by atoms with Crippen molar-refractivity contribution in [2.75, 3.05) is 18.2 Å². The lowest BCUT2D eigenvalue weighted by Crippen LogP contribution is -2.44. The number of thioether (sulfide) groups is 1. The highest BCUT2D eigenvalue weighted by Gasteiger charge is 2.44. The van der Waals surface area contributed by atoms with Gasteiger partial charge >= 0.3 is 5.97 Å². The summed E-state index contributed by atoms with van der Waals surface area (Å²) in [6.07, 6.45) is 0. The summed E-state index contributed by atoms with van der Waals surface area (Å²) in [6.45, 7) is 6.03. The number of carbonyl (C=O) groups is 3. The summed E-state index contributed by atoms with van der Waals surface area (Å²) in [4.78, 5) is 38.0. The van der Waals surface area contributed by atoms with Gasteiger partial charge in [-0.1, -0.05) is 68.1 Å². The fourth-order valence-electron chi connectivity index (χ4n) is 3.81. The Morgan fingerprint density at radius 1 is 1.18 bits per heavy atom. The third kappa shape index (κ3) is 5.49.